The molecule has 0 atom stereocenters. The highest BCUT2D eigenvalue weighted by Gasteiger charge is 2.19. The summed E-state index contributed by atoms with van der Waals surface area (Å²) in [6.45, 7) is 0. The van der Waals surface area contributed by atoms with Crippen molar-refractivity contribution in [1.29, 1.82) is 0 Å². The van der Waals surface area contributed by atoms with E-state index in [1.807, 2.05) is 0 Å². The maximum Gasteiger partial charge on any atom is 0.356 e. The molecular formula is C10H8N4O5. The highest BCUT2D eigenvalue weighted by molar-refractivity contribution is 5.85. The Hall–Kier alpha value is -2.97. The maximum atomic E-state index is 10.9. The number of aromatic nitrogens is 3. The van der Waals surface area contributed by atoms with Crippen molar-refractivity contribution >= 4 is 11.7 Å². The number of carbonyl (C=O) groups is 1. The van der Waals surface area contributed by atoms with Crippen molar-refractivity contribution in [2.75, 3.05) is 7.11 Å². The second-order valence-electron chi connectivity index (χ2n) is 3.42. The monoisotopic (exact) mass is 264 g/mol. The first kappa shape index (κ1) is 12.5. The summed E-state index contributed by atoms with van der Waals surface area (Å²) in [5.41, 5.74) is -0.519. The average molecular weight is 264 g/mol. The van der Waals surface area contributed by atoms with Gasteiger partial charge in [0, 0.05) is 18.3 Å². The van der Waals surface area contributed by atoms with Gasteiger partial charge >= 0.3 is 11.7 Å². The number of carboxylic acid groups (broad SMARTS) is 1. The van der Waals surface area contributed by atoms with Gasteiger partial charge in [0.05, 0.1) is 12.0 Å². The third-order valence-electron chi connectivity index (χ3n) is 2.28. The van der Waals surface area contributed by atoms with Crippen LogP contribution in [0.3, 0.4) is 0 Å². The van der Waals surface area contributed by atoms with E-state index in [0.717, 1.165) is 17.1 Å². The van der Waals surface area contributed by atoms with Crippen LogP contribution in [0.25, 0.3) is 5.82 Å². The molecule has 0 aliphatic heterocycles. The maximum absolute atomic E-state index is 10.9. The molecule has 0 aromatic carbocycles. The van der Waals surface area contributed by atoms with E-state index >= 15 is 0 Å². The first-order valence-corrected chi connectivity index (χ1v) is 5.00. The highest BCUT2D eigenvalue weighted by atomic mass is 16.6. The summed E-state index contributed by atoms with van der Waals surface area (Å²) in [5, 5.41) is 19.7. The van der Waals surface area contributed by atoms with Gasteiger partial charge in [-0.3, -0.25) is 14.7 Å². The number of hydrogen-bond donors (Lipinski definition) is 1. The lowest BCUT2D eigenvalue weighted by Crippen LogP contribution is -2.03. The Morgan fingerprint density at radius 2 is 2.26 bits per heavy atom. The second kappa shape index (κ2) is 4.72. The minimum atomic E-state index is -1.23. The summed E-state index contributed by atoms with van der Waals surface area (Å²) in [6, 6.07) is 2.57. The quantitative estimate of drug-likeness (QED) is 0.642. The number of rotatable bonds is 4. The van der Waals surface area contributed by atoms with E-state index in [0.29, 0.717) is 0 Å². The van der Waals surface area contributed by atoms with Crippen molar-refractivity contribution in [3.63, 3.8) is 0 Å². The minimum Gasteiger partial charge on any atom is -0.481 e. The fourth-order valence-corrected chi connectivity index (χ4v) is 1.42. The van der Waals surface area contributed by atoms with Crippen molar-refractivity contribution in [3.8, 4) is 11.7 Å². The van der Waals surface area contributed by atoms with E-state index in [1.54, 1.807) is 0 Å². The molecule has 2 aromatic heterocycles. The van der Waals surface area contributed by atoms with Gasteiger partial charge in [0.25, 0.3) is 0 Å². The number of imidazole rings is 1. The standard InChI is InChI=1S/C10H8N4O5/c1-19-8-3-2-7(14(17)18)9(12-8)13-4-6(10(15)16)11-5-13/h2-5H,1H3,(H,15,16). The molecule has 19 heavy (non-hydrogen) atoms. The van der Waals surface area contributed by atoms with E-state index in [2.05, 4.69) is 9.97 Å². The Labute approximate surface area is 106 Å². The molecule has 2 aromatic rings. The molecule has 0 aliphatic rings. The van der Waals surface area contributed by atoms with Crippen molar-refractivity contribution < 1.29 is 19.6 Å². The summed E-state index contributed by atoms with van der Waals surface area (Å²) in [6.07, 6.45) is 2.27. The number of pyridine rings is 1. The van der Waals surface area contributed by atoms with Gasteiger partial charge in [-0.2, -0.15) is 4.98 Å². The lowest BCUT2D eigenvalue weighted by atomic mass is 10.4. The Bertz CT molecular complexity index is 651. The zero-order chi connectivity index (χ0) is 14.0. The molecule has 0 saturated carbocycles. The number of ether oxygens (including phenoxy) is 1. The van der Waals surface area contributed by atoms with Crippen LogP contribution in [0.5, 0.6) is 5.88 Å². The molecule has 9 heteroatoms. The molecule has 0 saturated heterocycles. The predicted octanol–water partition coefficient (Wildman–Crippen LogP) is 0.882. The summed E-state index contributed by atoms with van der Waals surface area (Å²) in [5.74, 6) is -1.13. The lowest BCUT2D eigenvalue weighted by Gasteiger charge is -2.04. The second-order valence-corrected chi connectivity index (χ2v) is 3.42. The zero-order valence-corrected chi connectivity index (χ0v) is 9.68. The normalized spacial score (nSPS) is 10.2. The number of nitro groups is 1. The van der Waals surface area contributed by atoms with Crippen LogP contribution in [0, 0.1) is 10.1 Å². The number of methoxy groups -OCH3 is 1. The van der Waals surface area contributed by atoms with Gasteiger partial charge in [-0.25, -0.2) is 9.78 Å². The third-order valence-corrected chi connectivity index (χ3v) is 2.28. The number of carboxylic acids is 1. The van der Waals surface area contributed by atoms with Gasteiger partial charge in [0.2, 0.25) is 11.7 Å². The fraction of sp³-hybridized carbons (Fsp3) is 0.100. The van der Waals surface area contributed by atoms with E-state index in [-0.39, 0.29) is 23.1 Å². The van der Waals surface area contributed by atoms with Gasteiger partial charge in [0.15, 0.2) is 5.69 Å². The Morgan fingerprint density at radius 1 is 1.53 bits per heavy atom. The van der Waals surface area contributed by atoms with E-state index in [4.69, 9.17) is 9.84 Å². The van der Waals surface area contributed by atoms with Gasteiger partial charge < -0.3 is 9.84 Å². The molecule has 0 bridgehead atoms. The SMILES string of the molecule is COc1ccc([N+](=O)[O-])c(-n2cnc(C(=O)O)c2)n1. The molecule has 98 valence electrons. The van der Waals surface area contributed by atoms with Crippen LogP contribution in [0.1, 0.15) is 10.5 Å². The number of hydrogen-bond acceptors (Lipinski definition) is 6. The fourth-order valence-electron chi connectivity index (χ4n) is 1.42. The average Bonchev–Trinajstić information content (AvgIpc) is 2.87. The largest absolute Gasteiger partial charge is 0.481 e. The van der Waals surface area contributed by atoms with Crippen molar-refractivity contribution in [2.24, 2.45) is 0 Å². The highest BCUT2D eigenvalue weighted by Crippen LogP contribution is 2.23. The van der Waals surface area contributed by atoms with Crippen molar-refractivity contribution in [1.82, 2.24) is 14.5 Å². The van der Waals surface area contributed by atoms with E-state index in [9.17, 15) is 14.9 Å². The molecule has 2 rings (SSSR count). The van der Waals surface area contributed by atoms with Crippen LogP contribution in [0.4, 0.5) is 5.69 Å². The van der Waals surface area contributed by atoms with Crippen LogP contribution in [0.2, 0.25) is 0 Å². The molecule has 2 heterocycles. The third kappa shape index (κ3) is 2.34. The van der Waals surface area contributed by atoms with Crippen LogP contribution in [0.15, 0.2) is 24.7 Å². The minimum absolute atomic E-state index is 0.0654. The van der Waals surface area contributed by atoms with Gasteiger partial charge in [-0.1, -0.05) is 0 Å². The van der Waals surface area contributed by atoms with Crippen molar-refractivity contribution in [2.45, 2.75) is 0 Å². The van der Waals surface area contributed by atoms with E-state index in [1.165, 1.54) is 19.2 Å². The summed E-state index contributed by atoms with van der Waals surface area (Å²) in [4.78, 5) is 28.5. The molecular weight excluding hydrogens is 256 g/mol. The number of aromatic carboxylic acids is 1. The Balaban J connectivity index is 2.57. The zero-order valence-electron chi connectivity index (χ0n) is 9.68. The summed E-state index contributed by atoms with van der Waals surface area (Å²) in [7, 11) is 1.37. The van der Waals surface area contributed by atoms with Crippen LogP contribution in [-0.4, -0.2) is 37.6 Å². The molecule has 0 fully saturated rings. The smallest absolute Gasteiger partial charge is 0.356 e. The summed E-state index contributed by atoms with van der Waals surface area (Å²) < 4.78 is 6.04. The molecule has 9 nitrogen and oxygen atoms in total. The van der Waals surface area contributed by atoms with Gasteiger partial charge in [-0.05, 0) is 0 Å². The van der Waals surface area contributed by atoms with Crippen molar-refractivity contribution in [3.05, 3.63) is 40.5 Å². The first-order chi connectivity index (χ1) is 9.02. The summed E-state index contributed by atoms with van der Waals surface area (Å²) >= 11 is 0. The lowest BCUT2D eigenvalue weighted by molar-refractivity contribution is -0.384. The Morgan fingerprint density at radius 3 is 2.79 bits per heavy atom. The van der Waals surface area contributed by atoms with Crippen LogP contribution in [-0.2, 0) is 0 Å². The predicted molar refractivity (Wildman–Crippen MR) is 61.5 cm³/mol. The topological polar surface area (TPSA) is 120 Å². The van der Waals surface area contributed by atoms with Crippen LogP contribution >= 0.6 is 0 Å². The number of nitrogens with zero attached hydrogens (tertiary/aromatic N) is 4. The molecule has 0 unspecified atom stereocenters. The molecule has 1 N–H and O–H groups in total. The first-order valence-electron chi connectivity index (χ1n) is 5.00. The van der Waals surface area contributed by atoms with Gasteiger partial charge in [-0.15, -0.1) is 0 Å². The van der Waals surface area contributed by atoms with E-state index < -0.39 is 10.9 Å². The molecule has 0 aliphatic carbocycles. The molecule has 0 spiro atoms. The molecule has 0 amide bonds. The van der Waals surface area contributed by atoms with Gasteiger partial charge in [0.1, 0.15) is 6.33 Å². The molecule has 0 radical (unpaired) electrons. The Kier molecular flexibility index (Phi) is 3.10. The van der Waals surface area contributed by atoms with Crippen LogP contribution < -0.4 is 4.74 Å².